The summed E-state index contributed by atoms with van der Waals surface area (Å²) in [5.41, 5.74) is 0. The van der Waals surface area contributed by atoms with E-state index in [1.54, 1.807) is 6.92 Å². The molecule has 0 aliphatic heterocycles. The van der Waals surface area contributed by atoms with Crippen LogP contribution in [-0.4, -0.2) is 151 Å². The number of rotatable bonds is 37. The summed E-state index contributed by atoms with van der Waals surface area (Å²) < 4.78 is 59.2. The number of esters is 1. The molecule has 0 unspecified atom stereocenters. The van der Waals surface area contributed by atoms with Crippen molar-refractivity contribution in [2.45, 2.75) is 39.0 Å². The van der Waals surface area contributed by atoms with Gasteiger partial charge in [0.2, 0.25) is 0 Å². The molecule has 0 amide bonds. The van der Waals surface area contributed by atoms with Crippen LogP contribution in [0.5, 0.6) is 0 Å². The molecule has 0 saturated heterocycles. The maximum atomic E-state index is 11.1. The number of alkyl halides is 1. The van der Waals surface area contributed by atoms with Crippen molar-refractivity contribution >= 4 is 17.6 Å². The Kier molecular flexibility index (Phi) is 37.8. The highest BCUT2D eigenvalue weighted by Gasteiger charge is 2.01. The zero-order chi connectivity index (χ0) is 30.4. The Morgan fingerprint density at radius 2 is 0.690 bits per heavy atom. The maximum absolute atomic E-state index is 11.1. The van der Waals surface area contributed by atoms with Crippen LogP contribution in [0.4, 0.5) is 0 Å². The maximum Gasteiger partial charge on any atom is 0.308 e. The lowest BCUT2D eigenvalue weighted by atomic mass is 10.2. The lowest BCUT2D eigenvalue weighted by Crippen LogP contribution is -2.15. The number of hydrogen-bond donors (Lipinski definition) is 0. The first-order valence-corrected chi connectivity index (χ1v) is 15.8. The molecule has 0 atom stereocenters. The highest BCUT2D eigenvalue weighted by atomic mass is 35.5. The summed E-state index contributed by atoms with van der Waals surface area (Å²) in [7, 11) is 0. The lowest BCUT2D eigenvalue weighted by Gasteiger charge is -2.09. The second-order valence-electron chi connectivity index (χ2n) is 8.78. The predicted molar refractivity (Wildman–Crippen MR) is 159 cm³/mol. The van der Waals surface area contributed by atoms with E-state index in [-0.39, 0.29) is 12.4 Å². The first-order chi connectivity index (χ1) is 20.8. The van der Waals surface area contributed by atoms with Crippen molar-refractivity contribution < 1.29 is 56.9 Å². The number of unbranched alkanes of at least 4 members (excludes halogenated alkanes) is 3. The molecule has 0 aliphatic rings. The van der Waals surface area contributed by atoms with Crippen LogP contribution in [0.1, 0.15) is 39.0 Å². The van der Waals surface area contributed by atoms with Crippen molar-refractivity contribution in [3.8, 4) is 0 Å². The number of hydrogen-bond acceptors (Lipinski definition) is 12. The van der Waals surface area contributed by atoms with Crippen LogP contribution in [0.2, 0.25) is 0 Å². The molecule has 0 saturated carbocycles. The molecule has 0 N–H and O–H groups in total. The van der Waals surface area contributed by atoms with E-state index in [1.807, 2.05) is 0 Å². The van der Waals surface area contributed by atoms with E-state index in [0.717, 1.165) is 25.3 Å². The van der Waals surface area contributed by atoms with E-state index in [9.17, 15) is 4.79 Å². The van der Waals surface area contributed by atoms with Gasteiger partial charge in [0.1, 0.15) is 0 Å². The number of carbonyl (C=O) groups is 1. The first-order valence-electron chi connectivity index (χ1n) is 15.3. The number of ether oxygens (including phenoxy) is 11. The van der Waals surface area contributed by atoms with Crippen LogP contribution < -0.4 is 0 Å². The van der Waals surface area contributed by atoms with E-state index < -0.39 is 0 Å². The minimum Gasteiger partial charge on any atom is -0.466 e. The van der Waals surface area contributed by atoms with Gasteiger partial charge in [-0.05, 0) is 19.8 Å². The first kappa shape index (κ1) is 41.4. The molecule has 0 aromatic heterocycles. The summed E-state index contributed by atoms with van der Waals surface area (Å²) >= 11 is 5.65. The van der Waals surface area contributed by atoms with Crippen LogP contribution in [0.15, 0.2) is 0 Å². The molecule has 0 aromatic rings. The largest absolute Gasteiger partial charge is 0.466 e. The number of halogens is 1. The third-order valence-electron chi connectivity index (χ3n) is 5.28. The zero-order valence-corrected chi connectivity index (χ0v) is 26.6. The minimum absolute atomic E-state index is 0.249. The Morgan fingerprint density at radius 3 is 1.00 bits per heavy atom. The van der Waals surface area contributed by atoms with Gasteiger partial charge in [-0.3, -0.25) is 4.79 Å². The van der Waals surface area contributed by atoms with Crippen LogP contribution in [0, 0.1) is 0 Å². The smallest absolute Gasteiger partial charge is 0.308 e. The molecule has 0 aliphatic carbocycles. The Hall–Kier alpha value is -0.640. The predicted octanol–water partition coefficient (Wildman–Crippen LogP) is 2.90. The average Bonchev–Trinajstić information content (AvgIpc) is 2.99. The zero-order valence-electron chi connectivity index (χ0n) is 25.9. The lowest BCUT2D eigenvalue weighted by molar-refractivity contribution is -0.144. The fraction of sp³-hybridized carbons (Fsp3) is 0.966. The minimum atomic E-state index is -0.249. The summed E-state index contributed by atoms with van der Waals surface area (Å²) in [6.45, 7) is 12.5. The van der Waals surface area contributed by atoms with Crippen molar-refractivity contribution in [2.24, 2.45) is 0 Å². The van der Waals surface area contributed by atoms with Gasteiger partial charge >= 0.3 is 5.97 Å². The van der Waals surface area contributed by atoms with E-state index in [2.05, 4.69) is 0 Å². The van der Waals surface area contributed by atoms with Gasteiger partial charge in [-0.15, -0.1) is 11.6 Å². The quantitative estimate of drug-likeness (QED) is 0.0569. The molecule has 0 radical (unpaired) electrons. The SMILES string of the molecule is CCOC(=O)CCOCCOCCOCCOCCOCCOCCOCCOCCOCCOCCCCCCCl. The highest BCUT2D eigenvalue weighted by Crippen LogP contribution is 2.01. The van der Waals surface area contributed by atoms with Crippen molar-refractivity contribution in [2.75, 3.05) is 145 Å². The summed E-state index contributed by atoms with van der Waals surface area (Å²) in [6, 6.07) is 0. The third-order valence-corrected chi connectivity index (χ3v) is 5.54. The van der Waals surface area contributed by atoms with Gasteiger partial charge in [0.05, 0.1) is 139 Å². The fourth-order valence-electron chi connectivity index (χ4n) is 3.12. The molecule has 0 heterocycles. The van der Waals surface area contributed by atoms with Crippen molar-refractivity contribution in [1.82, 2.24) is 0 Å². The Bertz CT molecular complexity index is 519. The summed E-state index contributed by atoms with van der Waals surface area (Å²) in [4.78, 5) is 11.1. The van der Waals surface area contributed by atoms with Crippen LogP contribution in [0.25, 0.3) is 0 Å². The van der Waals surface area contributed by atoms with Crippen LogP contribution in [0.3, 0.4) is 0 Å². The van der Waals surface area contributed by atoms with Gasteiger partial charge in [-0.1, -0.05) is 12.8 Å². The van der Waals surface area contributed by atoms with E-state index >= 15 is 0 Å². The molecule has 0 spiro atoms. The van der Waals surface area contributed by atoms with Gasteiger partial charge in [0.25, 0.3) is 0 Å². The highest BCUT2D eigenvalue weighted by molar-refractivity contribution is 6.17. The van der Waals surface area contributed by atoms with E-state index in [1.165, 1.54) is 12.8 Å². The number of carbonyl (C=O) groups excluding carboxylic acids is 1. The van der Waals surface area contributed by atoms with Crippen LogP contribution >= 0.6 is 11.6 Å². The van der Waals surface area contributed by atoms with Gasteiger partial charge in [0.15, 0.2) is 0 Å². The second kappa shape index (κ2) is 38.4. The topological polar surface area (TPSA) is 119 Å². The Balaban J connectivity index is 3.05. The standard InChI is InChI=1S/C29H57ClO12/c1-2-42-29(31)7-10-33-12-14-35-16-18-37-20-22-39-24-26-41-28-27-40-25-23-38-21-19-36-17-15-34-13-11-32-9-6-4-3-5-8-30/h2-28H2,1H3. The molecular weight excluding hydrogens is 576 g/mol. The molecule has 12 nitrogen and oxygen atoms in total. The summed E-state index contributed by atoms with van der Waals surface area (Å²) in [5, 5.41) is 0. The van der Waals surface area contributed by atoms with Gasteiger partial charge in [-0.2, -0.15) is 0 Å². The molecule has 0 fully saturated rings. The Morgan fingerprint density at radius 1 is 0.405 bits per heavy atom. The molecular formula is C29H57ClO12. The summed E-state index contributed by atoms with van der Waals surface area (Å²) in [5.74, 6) is 0.493. The molecule has 42 heavy (non-hydrogen) atoms. The van der Waals surface area contributed by atoms with Gasteiger partial charge in [-0.25, -0.2) is 0 Å². The Labute approximate surface area is 258 Å². The van der Waals surface area contributed by atoms with Gasteiger partial charge in [0, 0.05) is 12.5 Å². The molecule has 0 bridgehead atoms. The summed E-state index contributed by atoms with van der Waals surface area (Å²) in [6.07, 6.45) is 4.75. The molecule has 0 aromatic carbocycles. The normalized spacial score (nSPS) is 11.4. The van der Waals surface area contributed by atoms with Crippen molar-refractivity contribution in [3.05, 3.63) is 0 Å². The molecule has 13 heteroatoms. The fourth-order valence-corrected chi connectivity index (χ4v) is 3.31. The average molecular weight is 633 g/mol. The van der Waals surface area contributed by atoms with E-state index in [4.69, 9.17) is 63.7 Å². The molecule has 0 rings (SSSR count). The second-order valence-corrected chi connectivity index (χ2v) is 9.16. The van der Waals surface area contributed by atoms with E-state index in [0.29, 0.717) is 132 Å². The monoisotopic (exact) mass is 632 g/mol. The van der Waals surface area contributed by atoms with Gasteiger partial charge < -0.3 is 52.1 Å². The molecule has 252 valence electrons. The van der Waals surface area contributed by atoms with Crippen molar-refractivity contribution in [3.63, 3.8) is 0 Å². The third kappa shape index (κ3) is 37.4. The van der Waals surface area contributed by atoms with Crippen molar-refractivity contribution in [1.29, 1.82) is 0 Å². The van der Waals surface area contributed by atoms with Crippen LogP contribution in [-0.2, 0) is 56.9 Å².